The zero-order valence-electron chi connectivity index (χ0n) is 11.6. The highest BCUT2D eigenvalue weighted by molar-refractivity contribution is 5.92. The summed E-state index contributed by atoms with van der Waals surface area (Å²) in [7, 11) is 0. The van der Waals surface area contributed by atoms with Crippen LogP contribution in [0.2, 0.25) is 0 Å². The molecule has 0 fully saturated rings. The normalized spacial score (nSPS) is 11.1. The first-order valence-electron chi connectivity index (χ1n) is 6.65. The molecule has 1 aromatic carbocycles. The molecule has 0 N–H and O–H groups in total. The lowest BCUT2D eigenvalue weighted by atomic mass is 10.1. The number of rotatable bonds is 4. The fraction of sp³-hybridized carbons (Fsp3) is 0.250. The highest BCUT2D eigenvalue weighted by Gasteiger charge is 2.07. The Hall–Kier alpha value is -2.36. The van der Waals surface area contributed by atoms with Crippen LogP contribution in [0.4, 0.5) is 0 Å². The molecule has 2 aromatic rings. The van der Waals surface area contributed by atoms with Gasteiger partial charge in [-0.3, -0.25) is 9.59 Å². The molecule has 104 valence electrons. The lowest BCUT2D eigenvalue weighted by Gasteiger charge is -2.15. The van der Waals surface area contributed by atoms with E-state index in [0.29, 0.717) is 29.6 Å². The first-order chi connectivity index (χ1) is 9.67. The standard InChI is InChI=1S/C16H17NO3/c1-3-17(4-2)15(18)10-9-12-11-20-14-8-6-5-7-13(14)16(12)19/h5-11H,3-4H2,1-2H3/b10-9+. The Kier molecular flexibility index (Phi) is 4.35. The van der Waals surface area contributed by atoms with E-state index in [1.54, 1.807) is 23.1 Å². The Morgan fingerprint density at radius 3 is 2.65 bits per heavy atom. The molecule has 0 atom stereocenters. The van der Waals surface area contributed by atoms with Crippen LogP contribution in [0.25, 0.3) is 17.0 Å². The summed E-state index contributed by atoms with van der Waals surface area (Å²) in [5.41, 5.74) is 0.796. The molecule has 1 aromatic heterocycles. The van der Waals surface area contributed by atoms with E-state index in [-0.39, 0.29) is 11.3 Å². The van der Waals surface area contributed by atoms with E-state index in [1.165, 1.54) is 18.4 Å². The lowest BCUT2D eigenvalue weighted by molar-refractivity contribution is -0.125. The van der Waals surface area contributed by atoms with Crippen LogP contribution in [-0.2, 0) is 4.79 Å². The summed E-state index contributed by atoms with van der Waals surface area (Å²) in [6.45, 7) is 5.12. The van der Waals surface area contributed by atoms with Gasteiger partial charge in [0.05, 0.1) is 10.9 Å². The third-order valence-corrected chi connectivity index (χ3v) is 3.19. The molecule has 0 aliphatic carbocycles. The molecule has 0 bridgehead atoms. The van der Waals surface area contributed by atoms with Gasteiger partial charge in [-0.05, 0) is 32.1 Å². The summed E-state index contributed by atoms with van der Waals surface area (Å²) in [5.74, 6) is -0.109. The molecule has 0 radical (unpaired) electrons. The van der Waals surface area contributed by atoms with Gasteiger partial charge in [-0.15, -0.1) is 0 Å². The van der Waals surface area contributed by atoms with Gasteiger partial charge in [0.25, 0.3) is 0 Å². The van der Waals surface area contributed by atoms with Gasteiger partial charge < -0.3 is 9.32 Å². The van der Waals surface area contributed by atoms with Gasteiger partial charge in [-0.25, -0.2) is 0 Å². The average molecular weight is 271 g/mol. The number of carbonyl (C=O) groups is 1. The quantitative estimate of drug-likeness (QED) is 0.803. The van der Waals surface area contributed by atoms with Crippen LogP contribution in [0.5, 0.6) is 0 Å². The second kappa shape index (κ2) is 6.19. The van der Waals surface area contributed by atoms with Gasteiger partial charge in [-0.1, -0.05) is 12.1 Å². The van der Waals surface area contributed by atoms with Crippen LogP contribution in [-0.4, -0.2) is 23.9 Å². The van der Waals surface area contributed by atoms with Crippen LogP contribution in [0.15, 0.2) is 45.8 Å². The molecular formula is C16H17NO3. The number of nitrogens with zero attached hydrogens (tertiary/aromatic N) is 1. The maximum absolute atomic E-state index is 12.2. The summed E-state index contributed by atoms with van der Waals surface area (Å²) >= 11 is 0. The second-order valence-electron chi connectivity index (χ2n) is 4.36. The molecule has 0 saturated carbocycles. The van der Waals surface area contributed by atoms with Crippen molar-refractivity contribution in [3.05, 3.63) is 52.4 Å². The maximum atomic E-state index is 12.2. The minimum absolute atomic E-state index is 0.109. The summed E-state index contributed by atoms with van der Waals surface area (Å²) < 4.78 is 5.39. The molecule has 0 aliphatic rings. The van der Waals surface area contributed by atoms with Gasteiger partial charge in [-0.2, -0.15) is 0 Å². The van der Waals surface area contributed by atoms with E-state index in [0.717, 1.165) is 0 Å². The van der Waals surface area contributed by atoms with Gasteiger partial charge in [0.2, 0.25) is 5.91 Å². The Balaban J connectivity index is 2.33. The molecule has 20 heavy (non-hydrogen) atoms. The smallest absolute Gasteiger partial charge is 0.246 e. The molecule has 4 nitrogen and oxygen atoms in total. The molecule has 0 saturated heterocycles. The maximum Gasteiger partial charge on any atom is 0.246 e. The molecule has 0 spiro atoms. The third kappa shape index (κ3) is 2.79. The largest absolute Gasteiger partial charge is 0.463 e. The number of para-hydroxylation sites is 1. The van der Waals surface area contributed by atoms with Crippen molar-refractivity contribution in [2.75, 3.05) is 13.1 Å². The Bertz CT molecular complexity index is 696. The van der Waals surface area contributed by atoms with Crippen LogP contribution in [0, 0.1) is 0 Å². The minimum atomic E-state index is -0.129. The van der Waals surface area contributed by atoms with E-state index in [2.05, 4.69) is 0 Å². The minimum Gasteiger partial charge on any atom is -0.463 e. The predicted molar refractivity (Wildman–Crippen MR) is 79.4 cm³/mol. The van der Waals surface area contributed by atoms with Crippen LogP contribution in [0.3, 0.4) is 0 Å². The topological polar surface area (TPSA) is 50.5 Å². The van der Waals surface area contributed by atoms with Gasteiger partial charge in [0.1, 0.15) is 11.8 Å². The van der Waals surface area contributed by atoms with E-state index in [4.69, 9.17) is 4.42 Å². The number of hydrogen-bond donors (Lipinski definition) is 0. The monoisotopic (exact) mass is 271 g/mol. The number of amides is 1. The highest BCUT2D eigenvalue weighted by Crippen LogP contribution is 2.11. The van der Waals surface area contributed by atoms with Crippen molar-refractivity contribution in [3.8, 4) is 0 Å². The van der Waals surface area contributed by atoms with Gasteiger partial charge in [0.15, 0.2) is 5.43 Å². The van der Waals surface area contributed by atoms with Crippen molar-refractivity contribution in [1.29, 1.82) is 0 Å². The zero-order chi connectivity index (χ0) is 14.5. The van der Waals surface area contributed by atoms with E-state index in [1.807, 2.05) is 19.9 Å². The molecular weight excluding hydrogens is 254 g/mol. The number of fused-ring (bicyclic) bond motifs is 1. The van der Waals surface area contributed by atoms with Crippen molar-refractivity contribution in [3.63, 3.8) is 0 Å². The second-order valence-corrected chi connectivity index (χ2v) is 4.36. The fourth-order valence-electron chi connectivity index (χ4n) is 2.01. The molecule has 4 heteroatoms. The van der Waals surface area contributed by atoms with Crippen molar-refractivity contribution < 1.29 is 9.21 Å². The van der Waals surface area contributed by atoms with Crippen molar-refractivity contribution >= 4 is 23.0 Å². The van der Waals surface area contributed by atoms with Crippen molar-refractivity contribution in [1.82, 2.24) is 4.90 Å². The third-order valence-electron chi connectivity index (χ3n) is 3.19. The van der Waals surface area contributed by atoms with Crippen LogP contribution < -0.4 is 5.43 Å². The van der Waals surface area contributed by atoms with Crippen molar-refractivity contribution in [2.24, 2.45) is 0 Å². The predicted octanol–water partition coefficient (Wildman–Crippen LogP) is 2.67. The van der Waals surface area contributed by atoms with Crippen molar-refractivity contribution in [2.45, 2.75) is 13.8 Å². The summed E-state index contributed by atoms with van der Waals surface area (Å²) in [4.78, 5) is 25.8. The van der Waals surface area contributed by atoms with Crippen LogP contribution in [0.1, 0.15) is 19.4 Å². The Morgan fingerprint density at radius 2 is 1.95 bits per heavy atom. The number of likely N-dealkylation sites (N-methyl/N-ethyl adjacent to an activating group) is 1. The first-order valence-corrected chi connectivity index (χ1v) is 6.65. The van der Waals surface area contributed by atoms with E-state index >= 15 is 0 Å². The molecule has 0 aliphatic heterocycles. The van der Waals surface area contributed by atoms with Crippen LogP contribution >= 0.6 is 0 Å². The molecule has 1 amide bonds. The SMILES string of the molecule is CCN(CC)C(=O)/C=C/c1coc2ccccc2c1=O. The average Bonchev–Trinajstić information content (AvgIpc) is 2.48. The first kappa shape index (κ1) is 14.1. The molecule has 1 heterocycles. The fourth-order valence-corrected chi connectivity index (χ4v) is 2.01. The number of benzene rings is 1. The molecule has 0 unspecified atom stereocenters. The summed E-state index contributed by atoms with van der Waals surface area (Å²) in [6.07, 6.45) is 4.31. The van der Waals surface area contributed by atoms with Gasteiger partial charge >= 0.3 is 0 Å². The van der Waals surface area contributed by atoms with Gasteiger partial charge in [0, 0.05) is 19.2 Å². The summed E-state index contributed by atoms with van der Waals surface area (Å²) in [6, 6.07) is 7.05. The molecule has 2 rings (SSSR count). The number of carbonyl (C=O) groups excluding carboxylic acids is 1. The Morgan fingerprint density at radius 1 is 1.25 bits per heavy atom. The number of hydrogen-bond acceptors (Lipinski definition) is 3. The van der Waals surface area contributed by atoms with E-state index < -0.39 is 0 Å². The highest BCUT2D eigenvalue weighted by atomic mass is 16.3. The summed E-state index contributed by atoms with van der Waals surface area (Å²) in [5, 5.41) is 0.518. The Labute approximate surface area is 117 Å². The van der Waals surface area contributed by atoms with E-state index in [9.17, 15) is 9.59 Å². The lowest BCUT2D eigenvalue weighted by Crippen LogP contribution is -2.28. The zero-order valence-corrected chi connectivity index (χ0v) is 11.6.